The number of benzene rings is 1. The third kappa shape index (κ3) is 6.09. The highest BCUT2D eigenvalue weighted by atomic mass is 127. The first-order valence-electron chi connectivity index (χ1n) is 5.48. The maximum atomic E-state index is 5.65. The van der Waals surface area contributed by atoms with E-state index in [9.17, 15) is 0 Å². The van der Waals surface area contributed by atoms with E-state index >= 15 is 0 Å². The largest absolute Gasteiger partial charge is 0.490 e. The minimum absolute atomic E-state index is 0.549. The molecule has 0 aliphatic carbocycles. The van der Waals surface area contributed by atoms with E-state index in [0.29, 0.717) is 19.8 Å². The van der Waals surface area contributed by atoms with Crippen LogP contribution in [0.5, 0.6) is 5.75 Å². The zero-order chi connectivity index (χ0) is 12.5. The molecule has 1 aromatic rings. The van der Waals surface area contributed by atoms with E-state index in [1.54, 1.807) is 7.11 Å². The Morgan fingerprint density at radius 1 is 1.18 bits per heavy atom. The van der Waals surface area contributed by atoms with Crippen molar-refractivity contribution in [3.05, 3.63) is 21.8 Å². The van der Waals surface area contributed by atoms with Crippen LogP contribution in [0.15, 0.2) is 18.2 Å². The summed E-state index contributed by atoms with van der Waals surface area (Å²) >= 11 is 2.20. The summed E-state index contributed by atoms with van der Waals surface area (Å²) < 4.78 is 16.9. The van der Waals surface area contributed by atoms with E-state index in [0.717, 1.165) is 28.0 Å². The lowest BCUT2D eigenvalue weighted by Gasteiger charge is -2.09. The minimum atomic E-state index is 0.549. The van der Waals surface area contributed by atoms with Crippen LogP contribution in [0.3, 0.4) is 0 Å². The first-order chi connectivity index (χ1) is 8.24. The van der Waals surface area contributed by atoms with Gasteiger partial charge in [0.25, 0.3) is 0 Å². The topological polar surface area (TPSA) is 53.7 Å². The lowest BCUT2D eigenvalue weighted by Crippen LogP contribution is -2.09. The second-order valence-corrected chi connectivity index (χ2v) is 4.66. The van der Waals surface area contributed by atoms with Crippen LogP contribution in [-0.2, 0) is 9.47 Å². The summed E-state index contributed by atoms with van der Waals surface area (Å²) in [7, 11) is 1.69. The normalized spacial score (nSPS) is 10.5. The lowest BCUT2D eigenvalue weighted by atomic mass is 10.3. The van der Waals surface area contributed by atoms with E-state index in [4.69, 9.17) is 19.9 Å². The Kier molecular flexibility index (Phi) is 7.30. The predicted octanol–water partition coefficient (Wildman–Crippen LogP) is 2.31. The molecule has 5 heteroatoms. The summed E-state index contributed by atoms with van der Waals surface area (Å²) in [5, 5.41) is 0. The number of methoxy groups -OCH3 is 1. The maximum Gasteiger partial charge on any atom is 0.132 e. The number of ether oxygens (including phenoxy) is 3. The average Bonchev–Trinajstić information content (AvgIpc) is 2.30. The van der Waals surface area contributed by atoms with Gasteiger partial charge in [-0.1, -0.05) is 0 Å². The SMILES string of the molecule is COCCCOCCOc1ccc(N)cc1I. The van der Waals surface area contributed by atoms with Crippen molar-refractivity contribution >= 4 is 28.3 Å². The van der Waals surface area contributed by atoms with Crippen LogP contribution >= 0.6 is 22.6 Å². The van der Waals surface area contributed by atoms with Crippen LogP contribution in [0.2, 0.25) is 0 Å². The summed E-state index contributed by atoms with van der Waals surface area (Å²) in [5.74, 6) is 0.847. The van der Waals surface area contributed by atoms with Gasteiger partial charge in [0.1, 0.15) is 12.4 Å². The number of hydrogen-bond donors (Lipinski definition) is 1. The van der Waals surface area contributed by atoms with Gasteiger partial charge in [-0.2, -0.15) is 0 Å². The van der Waals surface area contributed by atoms with Gasteiger partial charge in [0.2, 0.25) is 0 Å². The first kappa shape index (κ1) is 14.5. The third-order valence-electron chi connectivity index (χ3n) is 2.08. The highest BCUT2D eigenvalue weighted by Gasteiger charge is 2.00. The number of halogens is 1. The standard InChI is InChI=1S/C12H18INO3/c1-15-5-2-6-16-7-8-17-12-4-3-10(14)9-11(12)13/h3-4,9H,2,5-8,14H2,1H3. The molecule has 0 aliphatic rings. The molecule has 0 heterocycles. The fourth-order valence-corrected chi connectivity index (χ4v) is 1.95. The van der Waals surface area contributed by atoms with Gasteiger partial charge < -0.3 is 19.9 Å². The van der Waals surface area contributed by atoms with Crippen molar-refractivity contribution in [2.24, 2.45) is 0 Å². The Morgan fingerprint density at radius 2 is 2.00 bits per heavy atom. The molecule has 2 N–H and O–H groups in total. The van der Waals surface area contributed by atoms with Crippen LogP contribution in [0.1, 0.15) is 6.42 Å². The molecular weight excluding hydrogens is 333 g/mol. The minimum Gasteiger partial charge on any atom is -0.490 e. The molecule has 96 valence electrons. The average molecular weight is 351 g/mol. The molecular formula is C12H18INO3. The van der Waals surface area contributed by atoms with Crippen molar-refractivity contribution in [3.8, 4) is 5.75 Å². The van der Waals surface area contributed by atoms with Crippen molar-refractivity contribution < 1.29 is 14.2 Å². The van der Waals surface area contributed by atoms with Gasteiger partial charge in [0.05, 0.1) is 10.2 Å². The maximum absolute atomic E-state index is 5.65. The summed E-state index contributed by atoms with van der Waals surface area (Å²) in [6.07, 6.45) is 0.913. The van der Waals surface area contributed by atoms with Crippen LogP contribution in [-0.4, -0.2) is 33.5 Å². The second-order valence-electron chi connectivity index (χ2n) is 3.50. The molecule has 0 aliphatic heterocycles. The van der Waals surface area contributed by atoms with E-state index < -0.39 is 0 Å². The van der Waals surface area contributed by atoms with Crippen molar-refractivity contribution in [1.82, 2.24) is 0 Å². The molecule has 0 atom stereocenters. The highest BCUT2D eigenvalue weighted by Crippen LogP contribution is 2.22. The van der Waals surface area contributed by atoms with Gasteiger partial charge in [-0.25, -0.2) is 0 Å². The quantitative estimate of drug-likeness (QED) is 0.444. The van der Waals surface area contributed by atoms with Crippen molar-refractivity contribution in [1.29, 1.82) is 0 Å². The van der Waals surface area contributed by atoms with Gasteiger partial charge in [-0.3, -0.25) is 0 Å². The second kappa shape index (κ2) is 8.54. The van der Waals surface area contributed by atoms with E-state index in [1.165, 1.54) is 0 Å². The number of anilines is 1. The van der Waals surface area contributed by atoms with Crippen LogP contribution in [0, 0.1) is 3.57 Å². The van der Waals surface area contributed by atoms with Crippen LogP contribution < -0.4 is 10.5 Å². The zero-order valence-corrected chi connectivity index (χ0v) is 12.1. The molecule has 0 saturated heterocycles. The fourth-order valence-electron chi connectivity index (χ4n) is 1.25. The monoisotopic (exact) mass is 351 g/mol. The smallest absolute Gasteiger partial charge is 0.132 e. The molecule has 1 rings (SSSR count). The van der Waals surface area contributed by atoms with Gasteiger partial charge in [0.15, 0.2) is 0 Å². The molecule has 4 nitrogen and oxygen atoms in total. The lowest BCUT2D eigenvalue weighted by molar-refractivity contribution is 0.0804. The molecule has 17 heavy (non-hydrogen) atoms. The third-order valence-corrected chi connectivity index (χ3v) is 2.92. The van der Waals surface area contributed by atoms with Crippen molar-refractivity contribution in [2.75, 3.05) is 39.3 Å². The zero-order valence-electron chi connectivity index (χ0n) is 9.95. The van der Waals surface area contributed by atoms with Gasteiger partial charge in [0, 0.05) is 26.0 Å². The fraction of sp³-hybridized carbons (Fsp3) is 0.500. The van der Waals surface area contributed by atoms with E-state index in [1.807, 2.05) is 18.2 Å². The number of rotatable bonds is 8. The Morgan fingerprint density at radius 3 is 2.71 bits per heavy atom. The molecule has 0 bridgehead atoms. The Labute approximate surface area is 116 Å². The van der Waals surface area contributed by atoms with Gasteiger partial charge >= 0.3 is 0 Å². The highest BCUT2D eigenvalue weighted by molar-refractivity contribution is 14.1. The first-order valence-corrected chi connectivity index (χ1v) is 6.56. The Hall–Kier alpha value is -0.530. The summed E-state index contributed by atoms with van der Waals surface area (Å²) in [6, 6.07) is 5.59. The Bertz CT molecular complexity index is 334. The Balaban J connectivity index is 2.14. The molecule has 0 unspecified atom stereocenters. The number of nitrogen functional groups attached to an aromatic ring is 1. The number of hydrogen-bond acceptors (Lipinski definition) is 4. The molecule has 0 spiro atoms. The molecule has 0 aromatic heterocycles. The van der Waals surface area contributed by atoms with Gasteiger partial charge in [-0.05, 0) is 47.2 Å². The molecule has 0 fully saturated rings. The summed E-state index contributed by atoms with van der Waals surface area (Å²) in [5.41, 5.74) is 6.40. The van der Waals surface area contributed by atoms with Crippen molar-refractivity contribution in [3.63, 3.8) is 0 Å². The van der Waals surface area contributed by atoms with E-state index in [2.05, 4.69) is 22.6 Å². The van der Waals surface area contributed by atoms with Gasteiger partial charge in [-0.15, -0.1) is 0 Å². The van der Waals surface area contributed by atoms with Crippen molar-refractivity contribution in [2.45, 2.75) is 6.42 Å². The molecule has 1 aromatic carbocycles. The molecule has 0 saturated carbocycles. The van der Waals surface area contributed by atoms with Crippen LogP contribution in [0.4, 0.5) is 5.69 Å². The summed E-state index contributed by atoms with van der Waals surface area (Å²) in [4.78, 5) is 0. The predicted molar refractivity (Wildman–Crippen MR) is 76.4 cm³/mol. The summed E-state index contributed by atoms with van der Waals surface area (Å²) in [6.45, 7) is 2.57. The number of nitrogens with two attached hydrogens (primary N) is 1. The van der Waals surface area contributed by atoms with Crippen LogP contribution in [0.25, 0.3) is 0 Å². The molecule has 0 amide bonds. The molecule has 0 radical (unpaired) electrons. The van der Waals surface area contributed by atoms with E-state index in [-0.39, 0.29) is 0 Å².